The Morgan fingerprint density at radius 1 is 1.19 bits per heavy atom. The minimum atomic E-state index is -0.268. The first kappa shape index (κ1) is 15.4. The summed E-state index contributed by atoms with van der Waals surface area (Å²) in [4.78, 5) is 24.0. The van der Waals surface area contributed by atoms with Crippen molar-refractivity contribution in [2.24, 2.45) is 29.1 Å². The summed E-state index contributed by atoms with van der Waals surface area (Å²) in [5, 5.41) is 0. The molecule has 1 saturated carbocycles. The molecule has 2 fully saturated rings. The maximum atomic E-state index is 12.1. The Balaban J connectivity index is 1.44. The third-order valence-electron chi connectivity index (χ3n) is 8.78. The molecular weight excluding hydrogens is 324 g/mol. The summed E-state index contributed by atoms with van der Waals surface area (Å²) in [6.45, 7) is 2.31. The van der Waals surface area contributed by atoms with E-state index >= 15 is 0 Å². The third-order valence-corrected chi connectivity index (χ3v) is 8.78. The lowest BCUT2D eigenvalue weighted by molar-refractivity contribution is -0.165. The van der Waals surface area contributed by atoms with Gasteiger partial charge in [-0.2, -0.15) is 0 Å². The second-order valence-electron chi connectivity index (χ2n) is 9.36. The van der Waals surface area contributed by atoms with Crippen molar-refractivity contribution >= 4 is 11.8 Å². The smallest absolute Gasteiger partial charge is 0.306 e. The van der Waals surface area contributed by atoms with Crippen LogP contribution in [0.5, 0.6) is 0 Å². The van der Waals surface area contributed by atoms with E-state index in [1.165, 1.54) is 24.0 Å². The first-order valence-electron chi connectivity index (χ1n) is 10.5. The van der Waals surface area contributed by atoms with Gasteiger partial charge in [-0.25, -0.2) is 0 Å². The van der Waals surface area contributed by atoms with E-state index in [9.17, 15) is 9.59 Å². The second kappa shape index (κ2) is 4.79. The predicted molar refractivity (Wildman–Crippen MR) is 97.1 cm³/mol. The molecule has 0 bridgehead atoms. The fraction of sp³-hybridized carbons (Fsp3) is 0.652. The fourth-order valence-electron chi connectivity index (χ4n) is 7.78. The van der Waals surface area contributed by atoms with Crippen LogP contribution >= 0.6 is 0 Å². The predicted octanol–water partition coefficient (Wildman–Crippen LogP) is 4.29. The van der Waals surface area contributed by atoms with Crippen LogP contribution in [0.4, 0.5) is 0 Å². The van der Waals surface area contributed by atoms with Crippen molar-refractivity contribution < 1.29 is 14.3 Å². The highest BCUT2D eigenvalue weighted by atomic mass is 16.6. The Morgan fingerprint density at radius 3 is 2.85 bits per heavy atom. The molecule has 0 N–H and O–H groups in total. The lowest BCUT2D eigenvalue weighted by atomic mass is 9.48. The summed E-state index contributed by atoms with van der Waals surface area (Å²) in [7, 11) is 0. The van der Waals surface area contributed by atoms with Crippen molar-refractivity contribution in [1.29, 1.82) is 0 Å². The Hall–Kier alpha value is -1.64. The molecule has 1 saturated heterocycles. The molecular formula is C23H26O3. The van der Waals surface area contributed by atoms with Crippen LogP contribution in [0.15, 0.2) is 34.9 Å². The van der Waals surface area contributed by atoms with Crippen LogP contribution in [0.3, 0.4) is 0 Å². The summed E-state index contributed by atoms with van der Waals surface area (Å²) in [6.07, 6.45) is 14.4. The van der Waals surface area contributed by atoms with Gasteiger partial charge in [0.05, 0.1) is 0 Å². The molecule has 4 unspecified atom stereocenters. The van der Waals surface area contributed by atoms with Crippen molar-refractivity contribution in [1.82, 2.24) is 0 Å². The van der Waals surface area contributed by atoms with Crippen LogP contribution in [0.1, 0.15) is 58.3 Å². The van der Waals surface area contributed by atoms with Crippen molar-refractivity contribution in [3.05, 3.63) is 34.9 Å². The van der Waals surface area contributed by atoms with E-state index in [4.69, 9.17) is 4.74 Å². The van der Waals surface area contributed by atoms with Crippen molar-refractivity contribution in [3.63, 3.8) is 0 Å². The van der Waals surface area contributed by atoms with Gasteiger partial charge in [-0.3, -0.25) is 9.59 Å². The average molecular weight is 350 g/mol. The molecule has 3 heteroatoms. The molecule has 6 rings (SSSR count). The zero-order valence-corrected chi connectivity index (χ0v) is 15.4. The van der Waals surface area contributed by atoms with Gasteiger partial charge in [0.2, 0.25) is 0 Å². The summed E-state index contributed by atoms with van der Waals surface area (Å²) in [6, 6.07) is 0. The largest absolute Gasteiger partial charge is 0.454 e. The number of carbonyl (C=O) groups excluding carboxylic acids is 2. The standard InChI is InChI=1S/C23H26O3/c1-2-22-9-7-16-15-6-4-14(24)11-13(15)3-5-17(16)21(22)18-12-19(18)23(22)10-8-20(25)26-23/h3,5,11,15-17,21H,2,4,6-10,12H2,1H3/t15-,16?,17?,21?,22-,23?/m0/s1. The maximum absolute atomic E-state index is 12.1. The van der Waals surface area contributed by atoms with Crippen LogP contribution in [0, 0.1) is 29.1 Å². The van der Waals surface area contributed by atoms with E-state index in [1.807, 2.05) is 6.08 Å². The number of hydrogen-bond acceptors (Lipinski definition) is 3. The number of carbonyl (C=O) groups is 2. The van der Waals surface area contributed by atoms with Gasteiger partial charge >= 0.3 is 5.97 Å². The normalized spacial score (nSPS) is 48.0. The van der Waals surface area contributed by atoms with Crippen LogP contribution in [-0.4, -0.2) is 17.4 Å². The fourth-order valence-corrected chi connectivity index (χ4v) is 7.78. The van der Waals surface area contributed by atoms with E-state index in [-0.39, 0.29) is 17.0 Å². The zero-order valence-electron chi connectivity index (χ0n) is 15.4. The first-order valence-corrected chi connectivity index (χ1v) is 10.5. The zero-order chi connectivity index (χ0) is 17.7. The lowest BCUT2D eigenvalue weighted by Gasteiger charge is -2.57. The number of hydrogen-bond donors (Lipinski definition) is 0. The Kier molecular flexibility index (Phi) is 2.84. The molecule has 0 aromatic heterocycles. The minimum Gasteiger partial charge on any atom is -0.454 e. The molecule has 0 amide bonds. The SMILES string of the molecule is CC[C@]12CCC3C(C=CC4=CC(=O)CC[C@@H]43)C1C1=C(C1)C21CCC(=O)O1. The van der Waals surface area contributed by atoms with E-state index in [2.05, 4.69) is 19.1 Å². The van der Waals surface area contributed by atoms with Crippen molar-refractivity contribution in [2.45, 2.75) is 63.9 Å². The highest BCUT2D eigenvalue weighted by Gasteiger charge is 2.73. The molecule has 136 valence electrons. The van der Waals surface area contributed by atoms with E-state index < -0.39 is 0 Å². The number of rotatable bonds is 1. The maximum Gasteiger partial charge on any atom is 0.306 e. The Bertz CT molecular complexity index is 830. The van der Waals surface area contributed by atoms with Gasteiger partial charge < -0.3 is 4.74 Å². The molecule has 26 heavy (non-hydrogen) atoms. The average Bonchev–Trinajstić information content (AvgIpc) is 3.29. The Labute approximate surface area is 154 Å². The number of fused-ring (bicyclic) bond motifs is 8. The molecule has 0 aromatic rings. The van der Waals surface area contributed by atoms with E-state index in [1.54, 1.807) is 5.57 Å². The summed E-state index contributed by atoms with van der Waals surface area (Å²) in [5.74, 6) is 2.64. The number of ether oxygens (including phenoxy) is 1. The number of allylic oxidation sites excluding steroid dienone is 5. The molecule has 5 aliphatic carbocycles. The molecule has 1 heterocycles. The van der Waals surface area contributed by atoms with Gasteiger partial charge in [0, 0.05) is 24.7 Å². The minimum absolute atomic E-state index is 0.00884. The highest BCUT2D eigenvalue weighted by molar-refractivity contribution is 5.92. The molecule has 0 radical (unpaired) electrons. The van der Waals surface area contributed by atoms with E-state index in [0.29, 0.717) is 42.3 Å². The van der Waals surface area contributed by atoms with Crippen molar-refractivity contribution in [3.8, 4) is 0 Å². The number of ketones is 1. The van der Waals surface area contributed by atoms with Crippen LogP contribution < -0.4 is 0 Å². The van der Waals surface area contributed by atoms with Crippen molar-refractivity contribution in [2.75, 3.05) is 0 Å². The number of esters is 1. The summed E-state index contributed by atoms with van der Waals surface area (Å²) < 4.78 is 6.15. The van der Waals surface area contributed by atoms with Gasteiger partial charge in [-0.15, -0.1) is 0 Å². The Morgan fingerprint density at radius 2 is 2.08 bits per heavy atom. The van der Waals surface area contributed by atoms with Gasteiger partial charge in [-0.1, -0.05) is 24.6 Å². The molecule has 0 aromatic carbocycles. The van der Waals surface area contributed by atoms with Crippen LogP contribution in [0.25, 0.3) is 0 Å². The van der Waals surface area contributed by atoms with Crippen LogP contribution in [0.2, 0.25) is 0 Å². The third kappa shape index (κ3) is 1.62. The molecule has 3 nitrogen and oxygen atoms in total. The molecule has 1 spiro atoms. The van der Waals surface area contributed by atoms with Gasteiger partial charge in [-0.05, 0) is 73.0 Å². The van der Waals surface area contributed by atoms with Gasteiger partial charge in [0.1, 0.15) is 5.60 Å². The lowest BCUT2D eigenvalue weighted by Crippen LogP contribution is -2.56. The highest BCUT2D eigenvalue weighted by Crippen LogP contribution is 2.75. The van der Waals surface area contributed by atoms with Gasteiger partial charge in [0.25, 0.3) is 0 Å². The molecule has 1 aliphatic heterocycles. The topological polar surface area (TPSA) is 43.4 Å². The summed E-state index contributed by atoms with van der Waals surface area (Å²) in [5.41, 5.74) is 4.25. The molecule has 6 aliphatic rings. The second-order valence-corrected chi connectivity index (χ2v) is 9.36. The van der Waals surface area contributed by atoms with Gasteiger partial charge in [0.15, 0.2) is 5.78 Å². The first-order chi connectivity index (χ1) is 12.6. The van der Waals surface area contributed by atoms with Crippen LogP contribution in [-0.2, 0) is 14.3 Å². The quantitative estimate of drug-likeness (QED) is 0.523. The van der Waals surface area contributed by atoms with E-state index in [0.717, 1.165) is 25.7 Å². The summed E-state index contributed by atoms with van der Waals surface area (Å²) >= 11 is 0. The monoisotopic (exact) mass is 350 g/mol. The molecule has 6 atom stereocenters.